The van der Waals surface area contributed by atoms with Crippen molar-refractivity contribution in [2.24, 2.45) is 5.92 Å². The molecule has 0 saturated carbocycles. The maximum Gasteiger partial charge on any atom is 0.302 e. The van der Waals surface area contributed by atoms with E-state index < -0.39 is 16.3 Å². The van der Waals surface area contributed by atoms with E-state index in [2.05, 4.69) is 18.6 Å². The monoisotopic (exact) mass is 362 g/mol. The SMILES string of the molecule is CC(C)CCc1ccc2cc(O)c(N3CC(C=O)NS3(=O)=O)cc2c1. The third kappa shape index (κ3) is 3.62. The number of benzene rings is 2. The minimum Gasteiger partial charge on any atom is -0.506 e. The van der Waals surface area contributed by atoms with Crippen LogP contribution in [0.1, 0.15) is 25.8 Å². The van der Waals surface area contributed by atoms with Gasteiger partial charge in [0.2, 0.25) is 0 Å². The predicted molar refractivity (Wildman–Crippen MR) is 98.0 cm³/mol. The van der Waals surface area contributed by atoms with Crippen LogP contribution in [-0.4, -0.2) is 32.4 Å². The van der Waals surface area contributed by atoms with Gasteiger partial charge in [-0.1, -0.05) is 32.0 Å². The third-order valence-electron chi connectivity index (χ3n) is 4.39. The van der Waals surface area contributed by atoms with Gasteiger partial charge >= 0.3 is 10.2 Å². The van der Waals surface area contributed by atoms with E-state index >= 15 is 0 Å². The molecule has 1 saturated heterocycles. The molecule has 2 aromatic rings. The minimum absolute atomic E-state index is 0.0298. The molecule has 0 aromatic heterocycles. The summed E-state index contributed by atoms with van der Waals surface area (Å²) in [5, 5.41) is 12.0. The molecule has 0 aliphatic carbocycles. The Morgan fingerprint density at radius 2 is 2.04 bits per heavy atom. The number of nitrogens with one attached hydrogen (secondary N) is 1. The van der Waals surface area contributed by atoms with Crippen molar-refractivity contribution in [1.29, 1.82) is 0 Å². The molecule has 0 spiro atoms. The second-order valence-electron chi connectivity index (χ2n) is 6.85. The smallest absolute Gasteiger partial charge is 0.302 e. The lowest BCUT2D eigenvalue weighted by atomic mass is 9.99. The van der Waals surface area contributed by atoms with E-state index in [0.29, 0.717) is 12.2 Å². The number of hydrogen-bond acceptors (Lipinski definition) is 4. The molecule has 1 aliphatic heterocycles. The second kappa shape index (κ2) is 6.65. The molecule has 25 heavy (non-hydrogen) atoms. The zero-order valence-corrected chi connectivity index (χ0v) is 15.1. The van der Waals surface area contributed by atoms with Crippen LogP contribution in [0.15, 0.2) is 30.3 Å². The van der Waals surface area contributed by atoms with Crippen LogP contribution in [0.25, 0.3) is 10.8 Å². The van der Waals surface area contributed by atoms with Crippen molar-refractivity contribution >= 4 is 33.0 Å². The summed E-state index contributed by atoms with van der Waals surface area (Å²) >= 11 is 0. The Bertz CT molecular complexity index is 909. The molecule has 1 fully saturated rings. The normalized spacial score (nSPS) is 19.6. The Morgan fingerprint density at radius 3 is 2.68 bits per heavy atom. The highest BCUT2D eigenvalue weighted by Gasteiger charge is 2.36. The molecule has 7 heteroatoms. The quantitative estimate of drug-likeness (QED) is 0.800. The summed E-state index contributed by atoms with van der Waals surface area (Å²) in [6, 6.07) is 8.39. The highest BCUT2D eigenvalue weighted by Crippen LogP contribution is 2.35. The van der Waals surface area contributed by atoms with Gasteiger partial charge in [0, 0.05) is 0 Å². The molecule has 0 radical (unpaired) electrons. The van der Waals surface area contributed by atoms with Crippen molar-refractivity contribution in [3.05, 3.63) is 35.9 Å². The van der Waals surface area contributed by atoms with Crippen LogP contribution in [-0.2, 0) is 21.4 Å². The fourth-order valence-corrected chi connectivity index (χ4v) is 4.40. The summed E-state index contributed by atoms with van der Waals surface area (Å²) in [5.41, 5.74) is 1.36. The summed E-state index contributed by atoms with van der Waals surface area (Å²) in [5.74, 6) is 0.478. The molecule has 1 atom stereocenters. The number of hydrogen-bond donors (Lipinski definition) is 2. The number of fused-ring (bicyclic) bond motifs is 1. The number of phenols is 1. The zero-order valence-electron chi connectivity index (χ0n) is 14.3. The van der Waals surface area contributed by atoms with Gasteiger partial charge in [-0.25, -0.2) is 0 Å². The molecule has 1 unspecified atom stereocenters. The molecule has 134 valence electrons. The number of aromatic hydroxyl groups is 1. The van der Waals surface area contributed by atoms with E-state index in [1.807, 2.05) is 18.2 Å². The van der Waals surface area contributed by atoms with Gasteiger partial charge in [-0.05, 0) is 47.2 Å². The maximum atomic E-state index is 12.2. The molecule has 0 amide bonds. The van der Waals surface area contributed by atoms with E-state index in [4.69, 9.17) is 0 Å². The predicted octanol–water partition coefficient (Wildman–Crippen LogP) is 2.36. The number of rotatable bonds is 5. The minimum atomic E-state index is -3.83. The maximum absolute atomic E-state index is 12.2. The molecular formula is C18H22N2O4S. The summed E-state index contributed by atoms with van der Waals surface area (Å²) in [6.07, 6.45) is 2.57. The Kier molecular flexibility index (Phi) is 4.71. The number of nitrogens with zero attached hydrogens (tertiary/aromatic N) is 1. The lowest BCUT2D eigenvalue weighted by Gasteiger charge is -2.18. The number of aldehydes is 1. The van der Waals surface area contributed by atoms with Gasteiger partial charge in [-0.15, -0.1) is 0 Å². The molecule has 2 N–H and O–H groups in total. The molecule has 6 nitrogen and oxygen atoms in total. The molecule has 0 bridgehead atoms. The van der Waals surface area contributed by atoms with Crippen molar-refractivity contribution in [2.45, 2.75) is 32.7 Å². The number of anilines is 1. The van der Waals surface area contributed by atoms with Crippen LogP contribution < -0.4 is 9.03 Å². The largest absolute Gasteiger partial charge is 0.506 e. The van der Waals surface area contributed by atoms with Crippen molar-refractivity contribution in [3.8, 4) is 5.75 Å². The first kappa shape index (κ1) is 17.7. The van der Waals surface area contributed by atoms with E-state index in [-0.39, 0.29) is 18.0 Å². The van der Waals surface area contributed by atoms with Crippen molar-refractivity contribution in [2.75, 3.05) is 10.8 Å². The van der Waals surface area contributed by atoms with Crippen LogP contribution in [0, 0.1) is 5.92 Å². The van der Waals surface area contributed by atoms with Crippen LogP contribution in [0.5, 0.6) is 5.75 Å². The summed E-state index contributed by atoms with van der Waals surface area (Å²) in [4.78, 5) is 10.9. The Labute approximate surface area is 147 Å². The van der Waals surface area contributed by atoms with Crippen molar-refractivity contribution in [3.63, 3.8) is 0 Å². The van der Waals surface area contributed by atoms with Gasteiger partial charge in [-0.2, -0.15) is 13.1 Å². The van der Waals surface area contributed by atoms with E-state index in [1.165, 1.54) is 5.56 Å². The molecule has 3 rings (SSSR count). The van der Waals surface area contributed by atoms with Gasteiger partial charge in [0.15, 0.2) is 0 Å². The van der Waals surface area contributed by atoms with Gasteiger partial charge in [0.05, 0.1) is 18.3 Å². The summed E-state index contributed by atoms with van der Waals surface area (Å²) < 4.78 is 27.7. The first-order chi connectivity index (χ1) is 11.8. The van der Waals surface area contributed by atoms with E-state index in [0.717, 1.165) is 27.9 Å². The molecular weight excluding hydrogens is 340 g/mol. The van der Waals surface area contributed by atoms with Gasteiger partial charge in [-0.3, -0.25) is 4.31 Å². The highest BCUT2D eigenvalue weighted by atomic mass is 32.2. The first-order valence-electron chi connectivity index (χ1n) is 8.31. The van der Waals surface area contributed by atoms with Crippen LogP contribution in [0.2, 0.25) is 0 Å². The van der Waals surface area contributed by atoms with Crippen LogP contribution in [0.3, 0.4) is 0 Å². The standard InChI is InChI=1S/C18H22N2O4S/c1-12(2)3-4-13-5-6-14-9-18(22)17(8-15(14)7-13)20-10-16(11-21)19-25(20,23)24/h5-9,11-12,16,19,22H,3-4,10H2,1-2H3. The zero-order chi connectivity index (χ0) is 18.2. The van der Waals surface area contributed by atoms with E-state index in [9.17, 15) is 18.3 Å². The number of aryl methyl sites for hydroxylation is 1. The van der Waals surface area contributed by atoms with Crippen molar-refractivity contribution < 1.29 is 18.3 Å². The Morgan fingerprint density at radius 1 is 1.28 bits per heavy atom. The molecule has 1 aliphatic rings. The topological polar surface area (TPSA) is 86.7 Å². The van der Waals surface area contributed by atoms with Gasteiger partial charge < -0.3 is 9.90 Å². The van der Waals surface area contributed by atoms with Crippen LogP contribution >= 0.6 is 0 Å². The third-order valence-corrected chi connectivity index (χ3v) is 5.92. The fourth-order valence-electron chi connectivity index (χ4n) is 3.00. The van der Waals surface area contributed by atoms with E-state index in [1.54, 1.807) is 12.1 Å². The number of carbonyl (C=O) groups is 1. The number of carbonyl (C=O) groups excluding carboxylic acids is 1. The first-order valence-corrected chi connectivity index (χ1v) is 9.75. The highest BCUT2D eigenvalue weighted by molar-refractivity contribution is 7.91. The van der Waals surface area contributed by atoms with Gasteiger partial charge in [0.1, 0.15) is 12.0 Å². The second-order valence-corrected chi connectivity index (χ2v) is 8.48. The summed E-state index contributed by atoms with van der Waals surface area (Å²) in [6.45, 7) is 4.32. The fraction of sp³-hybridized carbons (Fsp3) is 0.389. The number of phenolic OH excluding ortho intramolecular Hbond substituents is 1. The van der Waals surface area contributed by atoms with Gasteiger partial charge in [0.25, 0.3) is 0 Å². The Hall–Kier alpha value is -2.12. The average Bonchev–Trinajstić information content (AvgIpc) is 2.87. The molecule has 2 aromatic carbocycles. The van der Waals surface area contributed by atoms with Crippen molar-refractivity contribution in [1.82, 2.24) is 4.72 Å². The average molecular weight is 362 g/mol. The van der Waals surface area contributed by atoms with Crippen LogP contribution in [0.4, 0.5) is 5.69 Å². The Balaban J connectivity index is 2.01. The lowest BCUT2D eigenvalue weighted by Crippen LogP contribution is -2.30. The lowest BCUT2D eigenvalue weighted by molar-refractivity contribution is -0.108. The summed E-state index contributed by atoms with van der Waals surface area (Å²) in [7, 11) is -3.83. The molecule has 1 heterocycles.